The van der Waals surface area contributed by atoms with Crippen molar-refractivity contribution in [3.8, 4) is 0 Å². The summed E-state index contributed by atoms with van der Waals surface area (Å²) in [5, 5.41) is 0.477. The second kappa shape index (κ2) is 6.92. The molecule has 0 aliphatic rings. The molecule has 0 N–H and O–H groups in total. The third kappa shape index (κ3) is 3.86. The van der Waals surface area contributed by atoms with Crippen molar-refractivity contribution in [3.05, 3.63) is 44.2 Å². The quantitative estimate of drug-likeness (QED) is 0.499. The van der Waals surface area contributed by atoms with Crippen molar-refractivity contribution < 1.29 is 0 Å². The van der Waals surface area contributed by atoms with Gasteiger partial charge in [-0.25, -0.2) is 9.97 Å². The van der Waals surface area contributed by atoms with Gasteiger partial charge < -0.3 is 4.90 Å². The van der Waals surface area contributed by atoms with E-state index in [1.807, 2.05) is 6.92 Å². The predicted molar refractivity (Wildman–Crippen MR) is 97.7 cm³/mol. The first-order valence-electron chi connectivity index (χ1n) is 7.00. The van der Waals surface area contributed by atoms with Gasteiger partial charge in [-0.1, -0.05) is 31.5 Å². The number of hydrogen-bond acceptors (Lipinski definition) is 3. The van der Waals surface area contributed by atoms with Crippen LogP contribution in [0.2, 0.25) is 5.15 Å². The Bertz CT molecular complexity index is 623. The van der Waals surface area contributed by atoms with E-state index in [9.17, 15) is 0 Å². The van der Waals surface area contributed by atoms with Crippen molar-refractivity contribution in [1.82, 2.24) is 9.97 Å². The zero-order chi connectivity index (χ0) is 15.6. The van der Waals surface area contributed by atoms with E-state index in [1.165, 1.54) is 9.13 Å². The molecule has 112 valence electrons. The third-order valence-corrected chi connectivity index (χ3v) is 4.36. The first-order chi connectivity index (χ1) is 9.92. The number of nitrogens with zero attached hydrogens (tertiary/aromatic N) is 3. The van der Waals surface area contributed by atoms with Gasteiger partial charge in [0.1, 0.15) is 5.15 Å². The van der Waals surface area contributed by atoms with Crippen LogP contribution >= 0.6 is 34.2 Å². The number of aromatic nitrogens is 2. The van der Waals surface area contributed by atoms with Crippen molar-refractivity contribution in [3.63, 3.8) is 0 Å². The van der Waals surface area contributed by atoms with E-state index in [4.69, 9.17) is 11.6 Å². The molecule has 1 aromatic heterocycles. The van der Waals surface area contributed by atoms with Gasteiger partial charge in [0.05, 0.1) is 5.69 Å². The molecule has 0 aliphatic heterocycles. The number of halogens is 2. The zero-order valence-corrected chi connectivity index (χ0v) is 15.6. The summed E-state index contributed by atoms with van der Waals surface area (Å²) < 4.78 is 1.20. The lowest BCUT2D eigenvalue weighted by Crippen LogP contribution is -2.20. The molecule has 0 amide bonds. The lowest BCUT2D eigenvalue weighted by Gasteiger charge is -2.23. The molecule has 0 bridgehead atoms. The van der Waals surface area contributed by atoms with Crippen LogP contribution in [0.1, 0.15) is 37.9 Å². The van der Waals surface area contributed by atoms with Crippen LogP contribution in [-0.4, -0.2) is 16.5 Å². The highest BCUT2D eigenvalue weighted by atomic mass is 127. The lowest BCUT2D eigenvalue weighted by molar-refractivity contribution is 0.863. The molecular weight excluding hydrogens is 397 g/mol. The summed E-state index contributed by atoms with van der Waals surface area (Å²) in [6.07, 6.45) is 0. The minimum atomic E-state index is 0.477. The van der Waals surface area contributed by atoms with Gasteiger partial charge in [-0.2, -0.15) is 0 Å². The van der Waals surface area contributed by atoms with Crippen LogP contribution in [0.4, 0.5) is 11.6 Å². The molecule has 5 heteroatoms. The van der Waals surface area contributed by atoms with Crippen molar-refractivity contribution in [1.29, 1.82) is 0 Å². The van der Waals surface area contributed by atoms with Gasteiger partial charge in [0.25, 0.3) is 0 Å². The van der Waals surface area contributed by atoms with Crippen LogP contribution in [0.25, 0.3) is 0 Å². The number of anilines is 2. The zero-order valence-electron chi connectivity index (χ0n) is 12.7. The summed E-state index contributed by atoms with van der Waals surface area (Å²) in [7, 11) is 0. The molecule has 0 fully saturated rings. The molecular formula is C16H19ClIN3. The van der Waals surface area contributed by atoms with E-state index in [0.717, 1.165) is 17.9 Å². The maximum Gasteiger partial charge on any atom is 0.231 e. The van der Waals surface area contributed by atoms with Crippen LogP contribution < -0.4 is 4.90 Å². The van der Waals surface area contributed by atoms with Gasteiger partial charge >= 0.3 is 0 Å². The molecule has 0 aliphatic carbocycles. The highest BCUT2D eigenvalue weighted by molar-refractivity contribution is 14.1. The fourth-order valence-electron chi connectivity index (χ4n) is 2.16. The van der Waals surface area contributed by atoms with Crippen molar-refractivity contribution >= 4 is 45.8 Å². The summed E-state index contributed by atoms with van der Waals surface area (Å²) in [5.74, 6) is 1.17. The van der Waals surface area contributed by atoms with Crippen LogP contribution in [0.3, 0.4) is 0 Å². The van der Waals surface area contributed by atoms with Gasteiger partial charge in [-0.3, -0.25) is 0 Å². The Hall–Kier alpha value is -0.880. The van der Waals surface area contributed by atoms with Gasteiger partial charge in [0.2, 0.25) is 5.95 Å². The van der Waals surface area contributed by atoms with E-state index in [0.29, 0.717) is 17.0 Å². The number of hydrogen-bond donors (Lipinski definition) is 0. The van der Waals surface area contributed by atoms with Crippen LogP contribution in [0.15, 0.2) is 24.3 Å². The summed E-state index contributed by atoms with van der Waals surface area (Å²) in [6.45, 7) is 9.21. The Balaban J connectivity index is 2.46. The molecule has 1 heterocycles. The van der Waals surface area contributed by atoms with Crippen LogP contribution in [0.5, 0.6) is 0 Å². The minimum absolute atomic E-state index is 0.477. The topological polar surface area (TPSA) is 29.0 Å². The molecule has 0 atom stereocenters. The Labute approximate surface area is 144 Å². The Kier molecular flexibility index (Phi) is 5.43. The highest BCUT2D eigenvalue weighted by Gasteiger charge is 2.15. The number of benzene rings is 1. The highest BCUT2D eigenvalue weighted by Crippen LogP contribution is 2.30. The van der Waals surface area contributed by atoms with Crippen LogP contribution in [0, 0.1) is 10.5 Å². The summed E-state index contributed by atoms with van der Waals surface area (Å²) in [6, 6.07) is 8.30. The second-order valence-electron chi connectivity index (χ2n) is 5.24. The van der Waals surface area contributed by atoms with Crippen molar-refractivity contribution in [2.45, 2.75) is 33.6 Å². The summed E-state index contributed by atoms with van der Waals surface area (Å²) in [5.41, 5.74) is 3.32. The van der Waals surface area contributed by atoms with E-state index in [-0.39, 0.29) is 0 Å². The molecule has 1 aromatic carbocycles. The minimum Gasteiger partial charge on any atom is -0.310 e. The molecule has 2 rings (SSSR count). The molecule has 0 saturated heterocycles. The van der Waals surface area contributed by atoms with Crippen LogP contribution in [-0.2, 0) is 0 Å². The summed E-state index contributed by atoms with van der Waals surface area (Å²) >= 11 is 8.44. The molecule has 0 radical (unpaired) electrons. The predicted octanol–water partition coefficient (Wildman–Crippen LogP) is 5.32. The van der Waals surface area contributed by atoms with Gasteiger partial charge in [0, 0.05) is 15.8 Å². The Morgan fingerprint density at radius 1 is 1.24 bits per heavy atom. The fraction of sp³-hybridized carbons (Fsp3) is 0.375. The Morgan fingerprint density at radius 2 is 1.95 bits per heavy atom. The summed E-state index contributed by atoms with van der Waals surface area (Å²) in [4.78, 5) is 11.0. The van der Waals surface area contributed by atoms with Gasteiger partial charge in [-0.05, 0) is 66.1 Å². The maximum atomic E-state index is 6.07. The van der Waals surface area contributed by atoms with E-state index in [1.54, 1.807) is 6.07 Å². The third-order valence-electron chi connectivity index (χ3n) is 3.30. The standard InChI is InChI=1S/C16H19ClIN3/c1-5-21(16-19-11(4)8-15(17)20-16)14-7-6-12(10(2)3)9-13(14)18/h6-10H,5H2,1-4H3. The average molecular weight is 416 g/mol. The van der Waals surface area contributed by atoms with E-state index < -0.39 is 0 Å². The first kappa shape index (κ1) is 16.5. The molecule has 0 spiro atoms. The van der Waals surface area contributed by atoms with E-state index in [2.05, 4.69) is 76.4 Å². The van der Waals surface area contributed by atoms with E-state index >= 15 is 0 Å². The normalized spacial score (nSPS) is 11.0. The van der Waals surface area contributed by atoms with Gasteiger partial charge in [0.15, 0.2) is 0 Å². The maximum absolute atomic E-state index is 6.07. The largest absolute Gasteiger partial charge is 0.310 e. The molecule has 3 nitrogen and oxygen atoms in total. The number of rotatable bonds is 4. The molecule has 0 unspecified atom stereocenters. The number of aryl methyl sites for hydroxylation is 1. The monoisotopic (exact) mass is 415 g/mol. The average Bonchev–Trinajstić information content (AvgIpc) is 2.40. The van der Waals surface area contributed by atoms with Gasteiger partial charge in [-0.15, -0.1) is 0 Å². The van der Waals surface area contributed by atoms with Crippen molar-refractivity contribution in [2.24, 2.45) is 0 Å². The lowest BCUT2D eigenvalue weighted by atomic mass is 10.0. The molecule has 21 heavy (non-hydrogen) atoms. The second-order valence-corrected chi connectivity index (χ2v) is 6.79. The molecule has 2 aromatic rings. The van der Waals surface area contributed by atoms with Crippen molar-refractivity contribution in [2.75, 3.05) is 11.4 Å². The molecule has 0 saturated carbocycles. The smallest absolute Gasteiger partial charge is 0.231 e. The first-order valence-corrected chi connectivity index (χ1v) is 8.46. The Morgan fingerprint density at radius 3 is 2.48 bits per heavy atom. The fourth-order valence-corrected chi connectivity index (χ4v) is 3.22. The SMILES string of the molecule is CCN(c1nc(C)cc(Cl)n1)c1ccc(C(C)C)cc1I.